The van der Waals surface area contributed by atoms with Crippen LogP contribution >= 0.6 is 0 Å². The van der Waals surface area contributed by atoms with Crippen LogP contribution in [0.5, 0.6) is 5.75 Å². The lowest BCUT2D eigenvalue weighted by Crippen LogP contribution is -2.50. The molecule has 0 saturated heterocycles. The van der Waals surface area contributed by atoms with Gasteiger partial charge in [0.05, 0.1) is 11.0 Å². The third-order valence-corrected chi connectivity index (χ3v) is 3.77. The summed E-state index contributed by atoms with van der Waals surface area (Å²) in [6.45, 7) is 6.75. The molecule has 7 heteroatoms. The first-order valence-corrected chi connectivity index (χ1v) is 7.35. The summed E-state index contributed by atoms with van der Waals surface area (Å²) in [5.41, 5.74) is -0.382. The molecule has 0 aliphatic rings. The van der Waals surface area contributed by atoms with Gasteiger partial charge in [0.15, 0.2) is 12.4 Å². The maximum absolute atomic E-state index is 11.9. The van der Waals surface area contributed by atoms with Gasteiger partial charge in [-0.1, -0.05) is 26.8 Å². The van der Waals surface area contributed by atoms with Crippen molar-refractivity contribution >= 4 is 11.6 Å². The van der Waals surface area contributed by atoms with Crippen molar-refractivity contribution in [2.75, 3.05) is 6.61 Å². The Balaban J connectivity index is 2.81. The summed E-state index contributed by atoms with van der Waals surface area (Å²) < 4.78 is 5.27. The molecule has 0 radical (unpaired) electrons. The molecule has 1 N–H and O–H groups in total. The van der Waals surface area contributed by atoms with Gasteiger partial charge in [-0.05, 0) is 30.9 Å². The Hall–Kier alpha value is -2.62. The van der Waals surface area contributed by atoms with Crippen LogP contribution in [0.2, 0.25) is 0 Å². The molecule has 0 saturated carbocycles. The van der Waals surface area contributed by atoms with Crippen molar-refractivity contribution in [1.82, 2.24) is 5.32 Å². The van der Waals surface area contributed by atoms with E-state index in [2.05, 4.69) is 11.4 Å². The first kappa shape index (κ1) is 18.4. The second kappa shape index (κ2) is 7.58. The van der Waals surface area contributed by atoms with E-state index in [1.165, 1.54) is 12.1 Å². The summed E-state index contributed by atoms with van der Waals surface area (Å²) in [7, 11) is 0. The van der Waals surface area contributed by atoms with Crippen molar-refractivity contribution in [2.45, 2.75) is 39.7 Å². The number of aryl methyl sites for hydroxylation is 1. The third kappa shape index (κ3) is 4.68. The lowest BCUT2D eigenvalue weighted by molar-refractivity contribution is -0.385. The van der Waals surface area contributed by atoms with Gasteiger partial charge in [-0.2, -0.15) is 5.26 Å². The van der Waals surface area contributed by atoms with Crippen molar-refractivity contribution in [1.29, 1.82) is 5.26 Å². The lowest BCUT2D eigenvalue weighted by atomic mass is 9.90. The number of benzene rings is 1. The van der Waals surface area contributed by atoms with E-state index in [1.807, 2.05) is 20.8 Å². The van der Waals surface area contributed by atoms with Crippen molar-refractivity contribution in [3.05, 3.63) is 33.9 Å². The smallest absolute Gasteiger partial charge is 0.311 e. The number of carbonyl (C=O) groups excluding carboxylic acids is 1. The standard InChI is InChI=1S/C16H21N3O4/c1-5-12-6-7-14(13(8-12)19(21)22)23-9-15(20)18-16(4,10-17)11(2)3/h6-8,11H,5,9H2,1-4H3,(H,18,20)/t16-/m1/s1. The molecule has 7 nitrogen and oxygen atoms in total. The molecular formula is C16H21N3O4. The average molecular weight is 319 g/mol. The van der Waals surface area contributed by atoms with Crippen molar-refractivity contribution in [3.63, 3.8) is 0 Å². The minimum absolute atomic E-state index is 0.0329. The molecule has 0 unspecified atom stereocenters. The van der Waals surface area contributed by atoms with Gasteiger partial charge in [-0.15, -0.1) is 0 Å². The topological polar surface area (TPSA) is 105 Å². The first-order valence-electron chi connectivity index (χ1n) is 7.35. The summed E-state index contributed by atoms with van der Waals surface area (Å²) in [5, 5.41) is 22.8. The largest absolute Gasteiger partial charge is 0.477 e. The highest BCUT2D eigenvalue weighted by atomic mass is 16.6. The Morgan fingerprint density at radius 2 is 2.17 bits per heavy atom. The van der Waals surface area contributed by atoms with E-state index in [9.17, 15) is 14.9 Å². The Labute approximate surface area is 135 Å². The third-order valence-electron chi connectivity index (χ3n) is 3.77. The number of carbonyl (C=O) groups is 1. The quantitative estimate of drug-likeness (QED) is 0.614. The molecule has 0 aliphatic heterocycles. The number of nitrogens with one attached hydrogen (secondary N) is 1. The number of hydrogen-bond donors (Lipinski definition) is 1. The lowest BCUT2D eigenvalue weighted by Gasteiger charge is -2.27. The van der Waals surface area contributed by atoms with E-state index in [-0.39, 0.29) is 17.4 Å². The van der Waals surface area contributed by atoms with Crippen LogP contribution < -0.4 is 10.1 Å². The van der Waals surface area contributed by atoms with E-state index < -0.39 is 23.0 Å². The molecule has 0 heterocycles. The van der Waals surface area contributed by atoms with Crippen molar-refractivity contribution < 1.29 is 14.5 Å². The summed E-state index contributed by atoms with van der Waals surface area (Å²) >= 11 is 0. The highest BCUT2D eigenvalue weighted by Gasteiger charge is 2.30. The predicted octanol–water partition coefficient (Wildman–Crippen LogP) is 2.59. The second-order valence-corrected chi connectivity index (χ2v) is 5.72. The molecular weight excluding hydrogens is 298 g/mol. The number of nitro benzene ring substituents is 1. The Kier molecular flexibility index (Phi) is 6.08. The van der Waals surface area contributed by atoms with E-state index >= 15 is 0 Å². The van der Waals surface area contributed by atoms with Crippen LogP contribution in [-0.4, -0.2) is 23.0 Å². The van der Waals surface area contributed by atoms with Crippen molar-refractivity contribution in [3.8, 4) is 11.8 Å². The fourth-order valence-corrected chi connectivity index (χ4v) is 1.82. The van der Waals surface area contributed by atoms with Crippen molar-refractivity contribution in [2.24, 2.45) is 5.92 Å². The highest BCUT2D eigenvalue weighted by Crippen LogP contribution is 2.28. The number of amides is 1. The molecule has 0 bridgehead atoms. The Morgan fingerprint density at radius 3 is 2.65 bits per heavy atom. The van der Waals surface area contributed by atoms with Gasteiger partial charge >= 0.3 is 5.69 Å². The average Bonchev–Trinajstić information content (AvgIpc) is 2.52. The van der Waals surface area contributed by atoms with Crippen LogP contribution in [0.3, 0.4) is 0 Å². The molecule has 23 heavy (non-hydrogen) atoms. The van der Waals surface area contributed by atoms with Crippen LogP contribution in [0.15, 0.2) is 18.2 Å². The molecule has 124 valence electrons. The summed E-state index contributed by atoms with van der Waals surface area (Å²) in [5.74, 6) is -0.559. The SMILES string of the molecule is CCc1ccc(OCC(=O)N[C@](C)(C#N)C(C)C)c([N+](=O)[O-])c1. The normalized spacial score (nSPS) is 13.0. The maximum Gasteiger partial charge on any atom is 0.311 e. The maximum atomic E-state index is 11.9. The number of nitrogens with zero attached hydrogens (tertiary/aromatic N) is 2. The molecule has 0 aliphatic carbocycles. The van der Waals surface area contributed by atoms with Gasteiger partial charge in [0, 0.05) is 6.07 Å². The van der Waals surface area contributed by atoms with Crippen LogP contribution in [0.4, 0.5) is 5.69 Å². The van der Waals surface area contributed by atoms with Gasteiger partial charge in [-0.25, -0.2) is 0 Å². The minimum atomic E-state index is -1.02. The Bertz CT molecular complexity index is 637. The molecule has 0 fully saturated rings. The van der Waals surface area contributed by atoms with Gasteiger partial charge in [0.2, 0.25) is 0 Å². The molecule has 1 amide bonds. The van der Waals surface area contributed by atoms with E-state index in [0.717, 1.165) is 5.56 Å². The second-order valence-electron chi connectivity index (χ2n) is 5.72. The van der Waals surface area contributed by atoms with Crippen LogP contribution in [0.1, 0.15) is 33.3 Å². The van der Waals surface area contributed by atoms with Gasteiger partial charge in [-0.3, -0.25) is 14.9 Å². The fourth-order valence-electron chi connectivity index (χ4n) is 1.82. The van der Waals surface area contributed by atoms with Crippen LogP contribution in [0, 0.1) is 27.4 Å². The zero-order chi connectivity index (χ0) is 17.6. The summed E-state index contributed by atoms with van der Waals surface area (Å²) in [6.07, 6.45) is 0.663. The van der Waals surface area contributed by atoms with Gasteiger partial charge in [0.25, 0.3) is 5.91 Å². The molecule has 1 rings (SSSR count). The minimum Gasteiger partial charge on any atom is -0.477 e. The predicted molar refractivity (Wildman–Crippen MR) is 85.0 cm³/mol. The summed E-state index contributed by atoms with van der Waals surface area (Å²) in [4.78, 5) is 22.5. The molecule has 1 atom stereocenters. The fraction of sp³-hybridized carbons (Fsp3) is 0.500. The zero-order valence-corrected chi connectivity index (χ0v) is 13.8. The van der Waals surface area contributed by atoms with Gasteiger partial charge in [0.1, 0.15) is 5.54 Å². The number of nitriles is 1. The van der Waals surface area contributed by atoms with E-state index in [4.69, 9.17) is 10.00 Å². The van der Waals surface area contributed by atoms with Crippen LogP contribution in [0.25, 0.3) is 0 Å². The molecule has 0 aromatic heterocycles. The molecule has 1 aromatic carbocycles. The van der Waals surface area contributed by atoms with E-state index in [0.29, 0.717) is 6.42 Å². The van der Waals surface area contributed by atoms with Gasteiger partial charge < -0.3 is 10.1 Å². The number of nitro groups is 1. The number of ether oxygens (including phenoxy) is 1. The zero-order valence-electron chi connectivity index (χ0n) is 13.8. The summed E-state index contributed by atoms with van der Waals surface area (Å²) in [6, 6.07) is 6.69. The Morgan fingerprint density at radius 1 is 1.52 bits per heavy atom. The van der Waals surface area contributed by atoms with Crippen LogP contribution in [-0.2, 0) is 11.2 Å². The van der Waals surface area contributed by atoms with E-state index in [1.54, 1.807) is 13.0 Å². The number of hydrogen-bond acceptors (Lipinski definition) is 5. The highest BCUT2D eigenvalue weighted by molar-refractivity contribution is 5.79. The molecule has 1 aromatic rings. The first-order chi connectivity index (χ1) is 10.7. The monoisotopic (exact) mass is 319 g/mol. The molecule has 0 spiro atoms. The number of rotatable bonds is 7.